The Bertz CT molecular complexity index is 966. The van der Waals surface area contributed by atoms with Crippen LogP contribution in [0.2, 0.25) is 0 Å². The van der Waals surface area contributed by atoms with E-state index in [1.54, 1.807) is 25.3 Å². The van der Waals surface area contributed by atoms with Crippen LogP contribution in [0.5, 0.6) is 5.75 Å². The third kappa shape index (κ3) is 4.85. The monoisotopic (exact) mass is 376 g/mol. The molecule has 0 atom stereocenters. The average Bonchev–Trinajstić information content (AvgIpc) is 2.67. The molecular formula is C22H24N4O2. The highest BCUT2D eigenvalue weighted by Gasteiger charge is 2.17. The van der Waals surface area contributed by atoms with Gasteiger partial charge in [-0.25, -0.2) is 9.97 Å². The summed E-state index contributed by atoms with van der Waals surface area (Å²) in [5.41, 5.74) is 1.48. The summed E-state index contributed by atoms with van der Waals surface area (Å²) in [7, 11) is 1.56. The number of aromatic nitrogens is 2. The molecule has 0 saturated carbocycles. The molecule has 3 rings (SSSR count). The van der Waals surface area contributed by atoms with Gasteiger partial charge in [-0.1, -0.05) is 42.5 Å². The van der Waals surface area contributed by atoms with Crippen LogP contribution >= 0.6 is 0 Å². The van der Waals surface area contributed by atoms with Gasteiger partial charge < -0.3 is 15.4 Å². The second-order valence-corrected chi connectivity index (χ2v) is 7.36. The fourth-order valence-electron chi connectivity index (χ4n) is 2.66. The van der Waals surface area contributed by atoms with Crippen LogP contribution in [-0.2, 0) is 0 Å². The van der Waals surface area contributed by atoms with Gasteiger partial charge in [0, 0.05) is 17.2 Å². The summed E-state index contributed by atoms with van der Waals surface area (Å²) in [5.74, 6) is 1.33. The number of amides is 1. The lowest BCUT2D eigenvalue weighted by Gasteiger charge is -2.22. The summed E-state index contributed by atoms with van der Waals surface area (Å²) in [4.78, 5) is 22.0. The maximum atomic E-state index is 12.9. The lowest BCUT2D eigenvalue weighted by molar-refractivity contribution is 0.102. The Morgan fingerprint density at radius 3 is 2.32 bits per heavy atom. The first-order valence-electron chi connectivity index (χ1n) is 9.03. The molecule has 0 bridgehead atoms. The van der Waals surface area contributed by atoms with Crippen molar-refractivity contribution < 1.29 is 9.53 Å². The molecule has 0 radical (unpaired) electrons. The second-order valence-electron chi connectivity index (χ2n) is 7.36. The van der Waals surface area contributed by atoms with Gasteiger partial charge in [0.05, 0.1) is 12.8 Å². The quantitative estimate of drug-likeness (QED) is 0.680. The average molecular weight is 376 g/mol. The summed E-state index contributed by atoms with van der Waals surface area (Å²) in [6.07, 6.45) is 0. The molecule has 1 heterocycles. The summed E-state index contributed by atoms with van der Waals surface area (Å²) in [6.45, 7) is 6.10. The molecule has 2 aromatic carbocycles. The Morgan fingerprint density at radius 2 is 1.64 bits per heavy atom. The third-order valence-electron chi connectivity index (χ3n) is 3.85. The summed E-state index contributed by atoms with van der Waals surface area (Å²) in [6, 6.07) is 18.5. The Morgan fingerprint density at radius 1 is 0.964 bits per heavy atom. The normalized spacial score (nSPS) is 11.0. The van der Waals surface area contributed by atoms with Crippen molar-refractivity contribution in [3.8, 4) is 17.1 Å². The molecule has 144 valence electrons. The number of hydrogen-bond donors (Lipinski definition) is 2. The highest BCUT2D eigenvalue weighted by Crippen LogP contribution is 2.25. The number of nitrogens with one attached hydrogen (secondary N) is 2. The van der Waals surface area contributed by atoms with Crippen LogP contribution in [0, 0.1) is 0 Å². The van der Waals surface area contributed by atoms with Crippen molar-refractivity contribution in [2.75, 3.05) is 17.7 Å². The Labute approximate surface area is 165 Å². The maximum Gasteiger partial charge on any atom is 0.274 e. The van der Waals surface area contributed by atoms with Crippen LogP contribution in [0.1, 0.15) is 31.3 Å². The predicted molar refractivity (Wildman–Crippen MR) is 112 cm³/mol. The van der Waals surface area contributed by atoms with E-state index in [0.29, 0.717) is 23.1 Å². The third-order valence-corrected chi connectivity index (χ3v) is 3.85. The number of para-hydroxylation sites is 2. The van der Waals surface area contributed by atoms with Crippen molar-refractivity contribution in [3.05, 3.63) is 66.4 Å². The van der Waals surface area contributed by atoms with Crippen LogP contribution in [0.3, 0.4) is 0 Å². The van der Waals surface area contributed by atoms with Crippen LogP contribution in [0.25, 0.3) is 11.4 Å². The van der Waals surface area contributed by atoms with Gasteiger partial charge in [-0.3, -0.25) is 4.79 Å². The molecular weight excluding hydrogens is 352 g/mol. The van der Waals surface area contributed by atoms with E-state index in [-0.39, 0.29) is 17.1 Å². The molecule has 2 N–H and O–H groups in total. The minimum atomic E-state index is -0.332. The number of carbonyl (C=O) groups is 1. The summed E-state index contributed by atoms with van der Waals surface area (Å²) in [5, 5.41) is 6.18. The number of nitrogens with zero attached hydrogens (tertiary/aromatic N) is 2. The zero-order chi connectivity index (χ0) is 20.1. The molecule has 3 aromatic rings. The fraction of sp³-hybridized carbons (Fsp3) is 0.227. The van der Waals surface area contributed by atoms with E-state index >= 15 is 0 Å². The van der Waals surface area contributed by atoms with Crippen LogP contribution < -0.4 is 15.4 Å². The largest absolute Gasteiger partial charge is 0.495 e. The Kier molecular flexibility index (Phi) is 5.59. The van der Waals surface area contributed by atoms with E-state index in [9.17, 15) is 4.79 Å². The van der Waals surface area contributed by atoms with E-state index in [4.69, 9.17) is 4.74 Å². The number of hydrogen-bond acceptors (Lipinski definition) is 5. The molecule has 0 fully saturated rings. The Balaban J connectivity index is 1.99. The zero-order valence-corrected chi connectivity index (χ0v) is 16.5. The topological polar surface area (TPSA) is 76.1 Å². The molecule has 0 spiro atoms. The molecule has 0 aliphatic heterocycles. The minimum Gasteiger partial charge on any atom is -0.495 e. The molecule has 28 heavy (non-hydrogen) atoms. The molecule has 0 aliphatic rings. The number of carbonyl (C=O) groups excluding carboxylic acids is 1. The molecule has 0 saturated heterocycles. The van der Waals surface area contributed by atoms with Crippen molar-refractivity contribution in [2.24, 2.45) is 0 Å². The molecule has 0 aliphatic carbocycles. The van der Waals surface area contributed by atoms with E-state index in [0.717, 1.165) is 5.56 Å². The molecule has 1 aromatic heterocycles. The molecule has 0 unspecified atom stereocenters. The first-order valence-corrected chi connectivity index (χ1v) is 9.03. The van der Waals surface area contributed by atoms with Crippen molar-refractivity contribution in [3.63, 3.8) is 0 Å². The SMILES string of the molecule is COc1ccccc1NC(=O)c1cc(NC(C)(C)C)nc(-c2ccccc2)n1. The van der Waals surface area contributed by atoms with E-state index < -0.39 is 0 Å². The lowest BCUT2D eigenvalue weighted by Crippen LogP contribution is -2.27. The Hall–Kier alpha value is -3.41. The van der Waals surface area contributed by atoms with E-state index in [1.165, 1.54) is 0 Å². The molecule has 1 amide bonds. The standard InChI is InChI=1S/C22H24N4O2/c1-22(2,3)26-19-14-17(23-20(25-19)15-10-6-5-7-11-15)21(27)24-16-12-8-9-13-18(16)28-4/h5-14H,1-4H3,(H,24,27)(H,23,25,26). The van der Waals surface area contributed by atoms with Gasteiger partial charge in [-0.05, 0) is 32.9 Å². The van der Waals surface area contributed by atoms with Crippen molar-refractivity contribution >= 4 is 17.4 Å². The van der Waals surface area contributed by atoms with Crippen LogP contribution in [0.4, 0.5) is 11.5 Å². The predicted octanol–water partition coefficient (Wildman–Crippen LogP) is 4.61. The van der Waals surface area contributed by atoms with E-state index in [2.05, 4.69) is 20.6 Å². The first-order chi connectivity index (χ1) is 13.4. The minimum absolute atomic E-state index is 0.210. The highest BCUT2D eigenvalue weighted by molar-refractivity contribution is 6.04. The van der Waals surface area contributed by atoms with Crippen molar-refractivity contribution in [1.82, 2.24) is 9.97 Å². The van der Waals surface area contributed by atoms with Crippen molar-refractivity contribution in [1.29, 1.82) is 0 Å². The summed E-state index contributed by atoms with van der Waals surface area (Å²) >= 11 is 0. The van der Waals surface area contributed by atoms with E-state index in [1.807, 2.05) is 63.2 Å². The van der Waals surface area contributed by atoms with Crippen LogP contribution in [0.15, 0.2) is 60.7 Å². The highest BCUT2D eigenvalue weighted by atomic mass is 16.5. The smallest absolute Gasteiger partial charge is 0.274 e. The number of benzene rings is 2. The summed E-state index contributed by atoms with van der Waals surface area (Å²) < 4.78 is 5.30. The maximum absolute atomic E-state index is 12.9. The van der Waals surface area contributed by atoms with Crippen LogP contribution in [-0.4, -0.2) is 28.5 Å². The van der Waals surface area contributed by atoms with Gasteiger partial charge in [-0.2, -0.15) is 0 Å². The van der Waals surface area contributed by atoms with Gasteiger partial charge in [0.1, 0.15) is 17.3 Å². The first kappa shape index (κ1) is 19.4. The molecule has 6 heteroatoms. The lowest BCUT2D eigenvalue weighted by atomic mass is 10.1. The number of methoxy groups -OCH3 is 1. The van der Waals surface area contributed by atoms with Gasteiger partial charge in [0.15, 0.2) is 5.82 Å². The second kappa shape index (κ2) is 8.08. The van der Waals surface area contributed by atoms with Gasteiger partial charge in [0.25, 0.3) is 5.91 Å². The van der Waals surface area contributed by atoms with Crippen molar-refractivity contribution in [2.45, 2.75) is 26.3 Å². The zero-order valence-electron chi connectivity index (χ0n) is 16.5. The van der Waals surface area contributed by atoms with Gasteiger partial charge in [-0.15, -0.1) is 0 Å². The number of anilines is 2. The van der Waals surface area contributed by atoms with Gasteiger partial charge >= 0.3 is 0 Å². The van der Waals surface area contributed by atoms with Gasteiger partial charge in [0.2, 0.25) is 0 Å². The molecule has 6 nitrogen and oxygen atoms in total. The fourth-order valence-corrected chi connectivity index (χ4v) is 2.66. The number of ether oxygens (including phenoxy) is 1. The number of rotatable bonds is 5.